The summed E-state index contributed by atoms with van der Waals surface area (Å²) in [5.41, 5.74) is 4.59. The van der Waals surface area contributed by atoms with Gasteiger partial charge in [0.05, 0.1) is 12.3 Å². The van der Waals surface area contributed by atoms with Gasteiger partial charge in [0.25, 0.3) is 0 Å². The third-order valence-corrected chi connectivity index (χ3v) is 3.64. The Morgan fingerprint density at radius 2 is 2.33 bits per heavy atom. The number of hydrogen-bond donors (Lipinski definition) is 3. The number of nitrogens with two attached hydrogens (primary N) is 1. The van der Waals surface area contributed by atoms with Crippen LogP contribution in [0.3, 0.4) is 0 Å². The Balaban J connectivity index is 2.54. The summed E-state index contributed by atoms with van der Waals surface area (Å²) < 4.78 is 6.34. The van der Waals surface area contributed by atoms with Gasteiger partial charge in [0.1, 0.15) is 18.0 Å². The molecule has 0 radical (unpaired) electrons. The minimum atomic E-state index is -1.63. The zero-order valence-corrected chi connectivity index (χ0v) is 12.2. The molecular weight excluding hydrogens is 300 g/mol. The van der Waals surface area contributed by atoms with Crippen molar-refractivity contribution in [2.75, 3.05) is 5.73 Å². The molecule has 1 unspecified atom stereocenters. The lowest BCUT2D eigenvalue weighted by atomic mass is 9.97. The Bertz CT molecular complexity index is 653. The summed E-state index contributed by atoms with van der Waals surface area (Å²) in [7, 11) is 0. The fourth-order valence-corrected chi connectivity index (χ4v) is 2.53. The van der Waals surface area contributed by atoms with E-state index in [2.05, 4.69) is 21.9 Å². The maximum absolute atomic E-state index is 11.9. The minimum Gasteiger partial charge on any atom is -0.391 e. The van der Waals surface area contributed by atoms with E-state index in [1.165, 1.54) is 13.8 Å². The number of aromatic nitrogens is 3. The SMILES string of the molecule is CC#CC1(Cl)[C@@H](O)[C@@H]([C@@H](C)O)O[C@H]1n1ncc(N)nc1=O. The van der Waals surface area contributed by atoms with Gasteiger partial charge >= 0.3 is 5.69 Å². The van der Waals surface area contributed by atoms with Crippen molar-refractivity contribution < 1.29 is 14.9 Å². The van der Waals surface area contributed by atoms with Crippen molar-refractivity contribution in [1.29, 1.82) is 0 Å². The second-order valence-corrected chi connectivity index (χ2v) is 5.32. The quantitative estimate of drug-likeness (QED) is 0.465. The molecule has 0 aliphatic carbocycles. The number of aliphatic hydroxyl groups is 2. The second kappa shape index (κ2) is 5.61. The van der Waals surface area contributed by atoms with Gasteiger partial charge in [-0.1, -0.05) is 17.5 Å². The Labute approximate surface area is 125 Å². The van der Waals surface area contributed by atoms with Gasteiger partial charge in [0, 0.05) is 0 Å². The molecule has 1 aromatic rings. The molecule has 0 amide bonds. The molecule has 5 atom stereocenters. The van der Waals surface area contributed by atoms with E-state index >= 15 is 0 Å². The number of ether oxygens (including phenoxy) is 1. The molecule has 8 nitrogen and oxygen atoms in total. The monoisotopic (exact) mass is 314 g/mol. The molecule has 114 valence electrons. The molecule has 21 heavy (non-hydrogen) atoms. The first-order valence-corrected chi connectivity index (χ1v) is 6.54. The molecule has 1 fully saturated rings. The molecule has 9 heteroatoms. The average molecular weight is 315 g/mol. The topological polar surface area (TPSA) is 123 Å². The third-order valence-electron chi connectivity index (χ3n) is 3.14. The van der Waals surface area contributed by atoms with Crippen molar-refractivity contribution in [3.63, 3.8) is 0 Å². The van der Waals surface area contributed by atoms with E-state index in [4.69, 9.17) is 22.1 Å². The van der Waals surface area contributed by atoms with Crippen LogP contribution < -0.4 is 11.4 Å². The molecule has 0 spiro atoms. The van der Waals surface area contributed by atoms with E-state index in [0.717, 1.165) is 10.9 Å². The molecule has 1 saturated heterocycles. The van der Waals surface area contributed by atoms with Gasteiger partial charge in [0.15, 0.2) is 11.1 Å². The van der Waals surface area contributed by atoms with Crippen LogP contribution >= 0.6 is 11.6 Å². The highest BCUT2D eigenvalue weighted by Gasteiger charge is 2.57. The lowest BCUT2D eigenvalue weighted by Crippen LogP contribution is -2.45. The van der Waals surface area contributed by atoms with Crippen LogP contribution in [0.1, 0.15) is 20.1 Å². The van der Waals surface area contributed by atoms with Gasteiger partial charge in [-0.25, -0.2) is 4.79 Å². The van der Waals surface area contributed by atoms with Crippen LogP contribution in [0.2, 0.25) is 0 Å². The first-order valence-electron chi connectivity index (χ1n) is 6.17. The largest absolute Gasteiger partial charge is 0.391 e. The predicted molar refractivity (Wildman–Crippen MR) is 74.3 cm³/mol. The van der Waals surface area contributed by atoms with Crippen LogP contribution in [-0.4, -0.2) is 48.2 Å². The molecule has 1 aliphatic heterocycles. The van der Waals surface area contributed by atoms with Crippen LogP contribution in [0, 0.1) is 11.8 Å². The van der Waals surface area contributed by atoms with Crippen LogP contribution in [-0.2, 0) is 4.74 Å². The van der Waals surface area contributed by atoms with Gasteiger partial charge in [-0.15, -0.1) is 5.92 Å². The normalized spacial score (nSPS) is 33.3. The van der Waals surface area contributed by atoms with E-state index in [1.807, 2.05) is 0 Å². The second-order valence-electron chi connectivity index (χ2n) is 4.69. The number of halogens is 1. The van der Waals surface area contributed by atoms with Crippen molar-refractivity contribution >= 4 is 17.4 Å². The zero-order chi connectivity index (χ0) is 15.8. The van der Waals surface area contributed by atoms with E-state index in [0.29, 0.717) is 0 Å². The first-order chi connectivity index (χ1) is 9.81. The third kappa shape index (κ3) is 2.61. The van der Waals surface area contributed by atoms with Gasteiger partial charge in [0.2, 0.25) is 0 Å². The Morgan fingerprint density at radius 3 is 2.86 bits per heavy atom. The molecule has 1 aromatic heterocycles. The van der Waals surface area contributed by atoms with Gasteiger partial charge < -0.3 is 20.7 Å². The number of nitrogens with zero attached hydrogens (tertiary/aromatic N) is 3. The molecule has 0 bridgehead atoms. The zero-order valence-electron chi connectivity index (χ0n) is 11.4. The summed E-state index contributed by atoms with van der Waals surface area (Å²) in [5, 5.41) is 23.8. The van der Waals surface area contributed by atoms with Gasteiger partial charge in [-0.05, 0) is 13.8 Å². The van der Waals surface area contributed by atoms with E-state index in [-0.39, 0.29) is 5.82 Å². The smallest absolute Gasteiger partial charge is 0.368 e. The summed E-state index contributed by atoms with van der Waals surface area (Å²) >= 11 is 6.35. The van der Waals surface area contributed by atoms with Crippen LogP contribution in [0.5, 0.6) is 0 Å². The van der Waals surface area contributed by atoms with Crippen molar-refractivity contribution in [3.8, 4) is 11.8 Å². The van der Waals surface area contributed by atoms with Gasteiger partial charge in [-0.3, -0.25) is 0 Å². The highest BCUT2D eigenvalue weighted by molar-refractivity contribution is 6.27. The van der Waals surface area contributed by atoms with E-state index in [9.17, 15) is 15.0 Å². The Kier molecular flexibility index (Phi) is 4.20. The maximum atomic E-state index is 11.9. The molecule has 4 N–H and O–H groups in total. The summed E-state index contributed by atoms with van der Waals surface area (Å²) in [5.74, 6) is 5.14. The molecule has 1 aliphatic rings. The molecule has 0 aromatic carbocycles. The Morgan fingerprint density at radius 1 is 1.67 bits per heavy atom. The van der Waals surface area contributed by atoms with Gasteiger partial charge in [-0.2, -0.15) is 14.8 Å². The summed E-state index contributed by atoms with van der Waals surface area (Å²) in [6.07, 6.45) is -3.40. The van der Waals surface area contributed by atoms with Crippen molar-refractivity contribution in [2.24, 2.45) is 0 Å². The van der Waals surface area contributed by atoms with Crippen LogP contribution in [0.15, 0.2) is 11.0 Å². The fourth-order valence-electron chi connectivity index (χ4n) is 2.17. The minimum absolute atomic E-state index is 0.0522. The fraction of sp³-hybridized carbons (Fsp3) is 0.583. The van der Waals surface area contributed by atoms with E-state index in [1.54, 1.807) is 0 Å². The summed E-state index contributed by atoms with van der Waals surface area (Å²) in [6.45, 7) is 2.96. The number of nitrogen functional groups attached to an aromatic ring is 1. The lowest BCUT2D eigenvalue weighted by molar-refractivity contribution is -0.0809. The van der Waals surface area contributed by atoms with Crippen molar-refractivity contribution in [3.05, 3.63) is 16.7 Å². The molecule has 2 heterocycles. The van der Waals surface area contributed by atoms with Crippen LogP contribution in [0.25, 0.3) is 0 Å². The standard InChI is InChI=1S/C12H15ClN4O4/c1-3-4-12(13)9(19)8(6(2)18)21-10(12)17-11(20)16-7(14)5-15-17/h5-6,8-10,18-19H,1-2H3,(H2,14,16,20)/t6-,8-,9+,10-,12?/m1/s1. The maximum Gasteiger partial charge on any atom is 0.368 e. The predicted octanol–water partition coefficient (Wildman–Crippen LogP) is -1.14. The number of aliphatic hydroxyl groups excluding tert-OH is 2. The summed E-state index contributed by atoms with van der Waals surface area (Å²) in [4.78, 5) is 13.8. The lowest BCUT2D eigenvalue weighted by Gasteiger charge is -2.24. The highest BCUT2D eigenvalue weighted by atomic mass is 35.5. The highest BCUT2D eigenvalue weighted by Crippen LogP contribution is 2.43. The number of anilines is 1. The van der Waals surface area contributed by atoms with Crippen molar-refractivity contribution in [2.45, 2.75) is 43.3 Å². The average Bonchev–Trinajstić information content (AvgIpc) is 2.64. The first kappa shape index (κ1) is 15.7. The number of hydrogen-bond acceptors (Lipinski definition) is 7. The summed E-state index contributed by atoms with van der Waals surface area (Å²) in [6, 6.07) is 0. The van der Waals surface area contributed by atoms with Crippen LogP contribution in [0.4, 0.5) is 5.82 Å². The number of rotatable bonds is 2. The van der Waals surface area contributed by atoms with E-state index < -0.39 is 35.1 Å². The van der Waals surface area contributed by atoms with Crippen molar-refractivity contribution in [1.82, 2.24) is 14.8 Å². The Hall–Kier alpha value is -1.66. The molecule has 0 saturated carbocycles. The molecular formula is C12H15ClN4O4. The molecule has 2 rings (SSSR count). The number of alkyl halides is 1.